The molecule has 200 valence electrons. The van der Waals surface area contributed by atoms with E-state index in [1.807, 2.05) is 6.92 Å². The van der Waals surface area contributed by atoms with Gasteiger partial charge < -0.3 is 14.7 Å². The summed E-state index contributed by atoms with van der Waals surface area (Å²) in [6.45, 7) is 7.55. The molecule has 2 aliphatic rings. The van der Waals surface area contributed by atoms with Gasteiger partial charge in [0.2, 0.25) is 0 Å². The minimum absolute atomic E-state index is 0.0491. The quantitative estimate of drug-likeness (QED) is 0.597. The van der Waals surface area contributed by atoms with Crippen LogP contribution in [0.5, 0.6) is 0 Å². The fourth-order valence-electron chi connectivity index (χ4n) is 4.72. The third kappa shape index (κ3) is 5.44. The molecule has 4 atom stereocenters. The van der Waals surface area contributed by atoms with Gasteiger partial charge in [0.1, 0.15) is 4.21 Å². The number of piperazine rings is 1. The molecule has 0 bridgehead atoms. The van der Waals surface area contributed by atoms with Gasteiger partial charge in [0.15, 0.2) is 5.60 Å². The van der Waals surface area contributed by atoms with E-state index in [4.69, 9.17) is 4.74 Å². The molecule has 36 heavy (non-hydrogen) atoms. The van der Waals surface area contributed by atoms with E-state index in [9.17, 15) is 26.7 Å². The van der Waals surface area contributed by atoms with Crippen LogP contribution in [-0.4, -0.2) is 86.4 Å². The van der Waals surface area contributed by atoms with E-state index in [2.05, 4.69) is 16.7 Å². The number of hydrogen-bond acceptors (Lipinski definition) is 7. The largest absolute Gasteiger partial charge is 0.421 e. The molecule has 2 aromatic rings. The fraction of sp³-hybridized carbons (Fsp3) is 0.583. The number of benzene rings is 1. The van der Waals surface area contributed by atoms with Gasteiger partial charge in [0.25, 0.3) is 10.0 Å². The predicted molar refractivity (Wildman–Crippen MR) is 133 cm³/mol. The molecule has 1 aromatic heterocycles. The van der Waals surface area contributed by atoms with Crippen molar-refractivity contribution in [3.05, 3.63) is 47.3 Å². The highest BCUT2D eigenvalue weighted by atomic mass is 32.2. The standard InChI is InChI=1S/C24H32F3N3O4S2/c1-17-16-34-18(2)13-28(17)14-21-15-29(36(32,33)22-5-4-12-35-22)10-11-30(21)20-8-6-19(7-9-20)23(3,31)24(25,26)27/h4-9,12,17-18,21,31H,10-11,13-16H2,1-3H3/t17-,18-,21+,23+/m1/s1. The maximum absolute atomic E-state index is 13.3. The molecule has 0 saturated carbocycles. The average molecular weight is 548 g/mol. The summed E-state index contributed by atoms with van der Waals surface area (Å²) in [6, 6.07) is 8.93. The van der Waals surface area contributed by atoms with Gasteiger partial charge in [-0.1, -0.05) is 18.2 Å². The lowest BCUT2D eigenvalue weighted by Gasteiger charge is -2.46. The highest BCUT2D eigenvalue weighted by molar-refractivity contribution is 7.91. The summed E-state index contributed by atoms with van der Waals surface area (Å²) in [5.74, 6) is 0. The first-order valence-electron chi connectivity index (χ1n) is 11.9. The summed E-state index contributed by atoms with van der Waals surface area (Å²) >= 11 is 1.18. The molecular weight excluding hydrogens is 515 g/mol. The first-order valence-corrected chi connectivity index (χ1v) is 14.2. The van der Waals surface area contributed by atoms with Crippen molar-refractivity contribution in [3.8, 4) is 0 Å². The topological polar surface area (TPSA) is 73.3 Å². The van der Waals surface area contributed by atoms with Crippen molar-refractivity contribution in [3.63, 3.8) is 0 Å². The molecule has 1 N–H and O–H groups in total. The van der Waals surface area contributed by atoms with E-state index in [0.717, 1.165) is 6.92 Å². The summed E-state index contributed by atoms with van der Waals surface area (Å²) in [5.41, 5.74) is -2.52. The molecule has 2 fully saturated rings. The molecule has 1 aromatic carbocycles. The number of nitrogens with zero attached hydrogens (tertiary/aromatic N) is 3. The maximum atomic E-state index is 13.3. The molecular formula is C24H32F3N3O4S2. The monoisotopic (exact) mass is 547 g/mol. The van der Waals surface area contributed by atoms with E-state index in [0.29, 0.717) is 36.1 Å². The Labute approximate surface area is 214 Å². The number of ether oxygens (including phenoxy) is 1. The van der Waals surface area contributed by atoms with Gasteiger partial charge in [-0.3, -0.25) is 4.90 Å². The molecule has 0 unspecified atom stereocenters. The third-order valence-corrected chi connectivity index (χ3v) is 10.3. The number of halogens is 3. The molecule has 0 spiro atoms. The van der Waals surface area contributed by atoms with E-state index >= 15 is 0 Å². The van der Waals surface area contributed by atoms with Gasteiger partial charge in [-0.15, -0.1) is 11.3 Å². The maximum Gasteiger partial charge on any atom is 0.421 e. The number of hydrogen-bond donors (Lipinski definition) is 1. The van der Waals surface area contributed by atoms with Crippen molar-refractivity contribution in [1.82, 2.24) is 9.21 Å². The first-order chi connectivity index (χ1) is 16.8. The molecule has 4 rings (SSSR count). The molecule has 0 aliphatic carbocycles. The Hall–Kier alpha value is -1.70. The zero-order chi connectivity index (χ0) is 26.3. The Morgan fingerprint density at radius 2 is 1.81 bits per heavy atom. The smallest absolute Gasteiger partial charge is 0.376 e. The first kappa shape index (κ1) is 27.3. The second-order valence-electron chi connectivity index (χ2n) is 9.71. The average Bonchev–Trinajstić information content (AvgIpc) is 3.37. The van der Waals surface area contributed by atoms with Crippen LogP contribution >= 0.6 is 11.3 Å². The number of thiophene rings is 1. The number of anilines is 1. The van der Waals surface area contributed by atoms with Crippen LogP contribution in [0.2, 0.25) is 0 Å². The van der Waals surface area contributed by atoms with E-state index < -0.39 is 21.8 Å². The summed E-state index contributed by atoms with van der Waals surface area (Å²) < 4.78 is 73.9. The molecule has 12 heteroatoms. The lowest BCUT2D eigenvalue weighted by Crippen LogP contribution is -2.60. The normalized spacial score (nSPS) is 26.6. The van der Waals surface area contributed by atoms with Gasteiger partial charge in [0, 0.05) is 44.5 Å². The summed E-state index contributed by atoms with van der Waals surface area (Å²) in [6.07, 6.45) is -4.75. The van der Waals surface area contributed by atoms with Crippen LogP contribution in [0.15, 0.2) is 46.0 Å². The molecule has 2 aliphatic heterocycles. The van der Waals surface area contributed by atoms with Crippen LogP contribution in [0.3, 0.4) is 0 Å². The Kier molecular flexibility index (Phi) is 7.76. The SMILES string of the molecule is C[C@@H]1CN(C[C@H]2CN(S(=O)(=O)c3cccs3)CCN2c2ccc([C@](C)(O)C(F)(F)F)cc2)[C@H](C)CO1. The van der Waals surface area contributed by atoms with Crippen molar-refractivity contribution >= 4 is 27.0 Å². The highest BCUT2D eigenvalue weighted by Gasteiger charge is 2.51. The lowest BCUT2D eigenvalue weighted by molar-refractivity contribution is -0.258. The fourth-order valence-corrected chi connectivity index (χ4v) is 7.33. The van der Waals surface area contributed by atoms with Crippen molar-refractivity contribution in [2.75, 3.05) is 44.2 Å². The summed E-state index contributed by atoms with van der Waals surface area (Å²) in [5, 5.41) is 11.8. The van der Waals surface area contributed by atoms with Crippen LogP contribution in [-0.2, 0) is 20.4 Å². The van der Waals surface area contributed by atoms with Gasteiger partial charge >= 0.3 is 6.18 Å². The van der Waals surface area contributed by atoms with Crippen molar-refractivity contribution in [1.29, 1.82) is 0 Å². The van der Waals surface area contributed by atoms with Gasteiger partial charge in [0.05, 0.1) is 18.8 Å². The molecule has 0 amide bonds. The van der Waals surface area contributed by atoms with Crippen LogP contribution in [0.1, 0.15) is 26.3 Å². The van der Waals surface area contributed by atoms with Crippen molar-refractivity contribution in [2.24, 2.45) is 0 Å². The Morgan fingerprint density at radius 1 is 1.11 bits per heavy atom. The van der Waals surface area contributed by atoms with Crippen molar-refractivity contribution < 1.29 is 31.4 Å². The number of alkyl halides is 3. The summed E-state index contributed by atoms with van der Waals surface area (Å²) in [7, 11) is -3.64. The Morgan fingerprint density at radius 3 is 2.42 bits per heavy atom. The molecule has 7 nitrogen and oxygen atoms in total. The number of morpholine rings is 1. The minimum Gasteiger partial charge on any atom is -0.376 e. The van der Waals surface area contributed by atoms with E-state index in [-0.39, 0.29) is 36.8 Å². The highest BCUT2D eigenvalue weighted by Crippen LogP contribution is 2.39. The van der Waals surface area contributed by atoms with Crippen LogP contribution in [0.4, 0.5) is 18.9 Å². The second-order valence-corrected chi connectivity index (χ2v) is 12.8. The number of rotatable bonds is 6. The Balaban J connectivity index is 1.61. The summed E-state index contributed by atoms with van der Waals surface area (Å²) in [4.78, 5) is 4.33. The van der Waals surface area contributed by atoms with E-state index in [1.165, 1.54) is 27.8 Å². The van der Waals surface area contributed by atoms with Crippen LogP contribution in [0, 0.1) is 0 Å². The van der Waals surface area contributed by atoms with Crippen molar-refractivity contribution in [2.45, 2.75) is 54.9 Å². The Bertz CT molecular complexity index is 1120. The van der Waals surface area contributed by atoms with Crippen LogP contribution in [0.25, 0.3) is 0 Å². The zero-order valence-electron chi connectivity index (χ0n) is 20.5. The minimum atomic E-state index is -4.80. The predicted octanol–water partition coefficient (Wildman–Crippen LogP) is 3.51. The van der Waals surface area contributed by atoms with Crippen LogP contribution < -0.4 is 4.90 Å². The number of sulfonamides is 1. The zero-order valence-corrected chi connectivity index (χ0v) is 22.1. The molecule has 2 saturated heterocycles. The lowest BCUT2D eigenvalue weighted by atomic mass is 9.95. The van der Waals surface area contributed by atoms with Gasteiger partial charge in [-0.05, 0) is 49.9 Å². The van der Waals surface area contributed by atoms with Gasteiger partial charge in [-0.2, -0.15) is 17.5 Å². The van der Waals surface area contributed by atoms with E-state index in [1.54, 1.807) is 29.6 Å². The second kappa shape index (κ2) is 10.2. The third-order valence-electron chi connectivity index (χ3n) is 7.03. The molecule has 0 radical (unpaired) electrons. The number of aliphatic hydroxyl groups is 1. The molecule has 3 heterocycles. The van der Waals surface area contributed by atoms with Gasteiger partial charge in [-0.25, -0.2) is 8.42 Å².